The van der Waals surface area contributed by atoms with Crippen molar-refractivity contribution in [2.24, 2.45) is 0 Å². The smallest absolute Gasteiger partial charge is 0.335 e. The van der Waals surface area contributed by atoms with Crippen LogP contribution in [0.4, 0.5) is 0 Å². The van der Waals surface area contributed by atoms with Gasteiger partial charge < -0.3 is 14.6 Å². The first-order valence-corrected chi connectivity index (χ1v) is 7.05. The Balaban J connectivity index is 2.73. The standard InChI is InChI=1S/C13H18O4S/c1-3-16-12-9-10(13(14)15)5-6-11(12)17-7-8-18-4-2/h5-6,9H,3-4,7-8H2,1-2H3,(H,14,15). The second kappa shape index (κ2) is 7.87. The van der Waals surface area contributed by atoms with Gasteiger partial charge in [0.25, 0.3) is 0 Å². The number of carboxylic acid groups (broad SMARTS) is 1. The van der Waals surface area contributed by atoms with Crippen molar-refractivity contribution in [3.8, 4) is 11.5 Å². The maximum Gasteiger partial charge on any atom is 0.335 e. The Morgan fingerprint density at radius 3 is 2.67 bits per heavy atom. The maximum atomic E-state index is 10.9. The Hall–Kier alpha value is -1.36. The van der Waals surface area contributed by atoms with E-state index >= 15 is 0 Å². The SMILES string of the molecule is CCOc1cc(C(=O)O)ccc1OCCSCC. The van der Waals surface area contributed by atoms with Crippen LogP contribution in [0.1, 0.15) is 24.2 Å². The maximum absolute atomic E-state index is 10.9. The van der Waals surface area contributed by atoms with Crippen molar-refractivity contribution in [3.63, 3.8) is 0 Å². The number of aromatic carboxylic acids is 1. The van der Waals surface area contributed by atoms with Crippen LogP contribution in [0.5, 0.6) is 11.5 Å². The second-order valence-electron chi connectivity index (χ2n) is 3.45. The molecule has 0 heterocycles. The number of carboxylic acids is 1. The van der Waals surface area contributed by atoms with Crippen LogP contribution < -0.4 is 9.47 Å². The largest absolute Gasteiger partial charge is 0.490 e. The van der Waals surface area contributed by atoms with E-state index in [1.54, 1.807) is 17.8 Å². The first-order chi connectivity index (χ1) is 8.69. The van der Waals surface area contributed by atoms with Gasteiger partial charge in [-0.3, -0.25) is 0 Å². The van der Waals surface area contributed by atoms with Crippen LogP contribution in [0.3, 0.4) is 0 Å². The molecular weight excluding hydrogens is 252 g/mol. The molecule has 4 nitrogen and oxygen atoms in total. The Bertz CT molecular complexity index is 393. The van der Waals surface area contributed by atoms with Crippen LogP contribution in [-0.2, 0) is 0 Å². The van der Waals surface area contributed by atoms with Gasteiger partial charge in [0, 0.05) is 5.75 Å². The average Bonchev–Trinajstić information content (AvgIpc) is 2.36. The summed E-state index contributed by atoms with van der Waals surface area (Å²) in [7, 11) is 0. The quantitative estimate of drug-likeness (QED) is 0.736. The number of rotatable bonds is 8. The van der Waals surface area contributed by atoms with E-state index in [4.69, 9.17) is 14.6 Å². The highest BCUT2D eigenvalue weighted by Crippen LogP contribution is 2.28. The molecule has 0 aliphatic heterocycles. The summed E-state index contributed by atoms with van der Waals surface area (Å²) in [5.41, 5.74) is 0.203. The molecular formula is C13H18O4S. The molecule has 0 aromatic heterocycles. The zero-order valence-corrected chi connectivity index (χ0v) is 11.5. The molecule has 0 aliphatic rings. The number of thioether (sulfide) groups is 1. The molecule has 1 N–H and O–H groups in total. The van der Waals surface area contributed by atoms with Crippen LogP contribution in [0.2, 0.25) is 0 Å². The minimum Gasteiger partial charge on any atom is -0.490 e. The van der Waals surface area contributed by atoms with E-state index in [0.717, 1.165) is 11.5 Å². The Morgan fingerprint density at radius 2 is 2.06 bits per heavy atom. The summed E-state index contributed by atoms with van der Waals surface area (Å²) >= 11 is 1.79. The molecule has 0 aliphatic carbocycles. The molecule has 0 atom stereocenters. The van der Waals surface area contributed by atoms with Crippen LogP contribution in [0, 0.1) is 0 Å². The minimum atomic E-state index is -0.968. The van der Waals surface area contributed by atoms with E-state index in [1.165, 1.54) is 12.1 Å². The van der Waals surface area contributed by atoms with Crippen molar-refractivity contribution in [1.29, 1.82) is 0 Å². The van der Waals surface area contributed by atoms with Crippen LogP contribution in [0.15, 0.2) is 18.2 Å². The summed E-state index contributed by atoms with van der Waals surface area (Å²) in [4.78, 5) is 10.9. The molecule has 0 saturated carbocycles. The van der Waals surface area contributed by atoms with Gasteiger partial charge in [-0.2, -0.15) is 11.8 Å². The molecule has 100 valence electrons. The van der Waals surface area contributed by atoms with Gasteiger partial charge in [0.15, 0.2) is 11.5 Å². The predicted octanol–water partition coefficient (Wildman–Crippen LogP) is 2.92. The first-order valence-electron chi connectivity index (χ1n) is 5.89. The molecule has 1 aromatic carbocycles. The van der Waals surface area contributed by atoms with E-state index in [0.29, 0.717) is 24.7 Å². The van der Waals surface area contributed by atoms with Crippen molar-refractivity contribution in [1.82, 2.24) is 0 Å². The zero-order valence-electron chi connectivity index (χ0n) is 10.6. The van der Waals surface area contributed by atoms with Gasteiger partial charge in [0.05, 0.1) is 18.8 Å². The predicted molar refractivity (Wildman–Crippen MR) is 73.1 cm³/mol. The molecule has 1 rings (SSSR count). The van der Waals surface area contributed by atoms with Crippen LogP contribution in [0.25, 0.3) is 0 Å². The van der Waals surface area contributed by atoms with Crippen LogP contribution >= 0.6 is 11.8 Å². The minimum absolute atomic E-state index is 0.203. The fraction of sp³-hybridized carbons (Fsp3) is 0.462. The lowest BCUT2D eigenvalue weighted by Crippen LogP contribution is -2.05. The summed E-state index contributed by atoms with van der Waals surface area (Å²) in [6.07, 6.45) is 0. The van der Waals surface area contributed by atoms with Crippen molar-refractivity contribution >= 4 is 17.7 Å². The lowest BCUT2D eigenvalue weighted by molar-refractivity contribution is 0.0696. The normalized spacial score (nSPS) is 10.1. The third-order valence-electron chi connectivity index (χ3n) is 2.18. The average molecular weight is 270 g/mol. The molecule has 0 amide bonds. The highest BCUT2D eigenvalue weighted by atomic mass is 32.2. The molecule has 0 spiro atoms. The van der Waals surface area contributed by atoms with Crippen molar-refractivity contribution in [2.75, 3.05) is 24.7 Å². The van der Waals surface area contributed by atoms with Crippen molar-refractivity contribution in [3.05, 3.63) is 23.8 Å². The number of benzene rings is 1. The van der Waals surface area contributed by atoms with Gasteiger partial charge in [-0.1, -0.05) is 6.92 Å². The lowest BCUT2D eigenvalue weighted by atomic mass is 10.2. The summed E-state index contributed by atoms with van der Waals surface area (Å²) in [5.74, 6) is 2.07. The summed E-state index contributed by atoms with van der Waals surface area (Å²) in [6, 6.07) is 4.66. The van der Waals surface area contributed by atoms with Crippen LogP contribution in [-0.4, -0.2) is 35.8 Å². The van der Waals surface area contributed by atoms with Gasteiger partial charge in [-0.25, -0.2) is 4.79 Å². The van der Waals surface area contributed by atoms with Gasteiger partial charge in [0.2, 0.25) is 0 Å². The Kier molecular flexibility index (Phi) is 6.43. The molecule has 0 unspecified atom stereocenters. The Labute approximate surface area is 111 Å². The Morgan fingerprint density at radius 1 is 1.28 bits per heavy atom. The number of hydrogen-bond donors (Lipinski definition) is 1. The highest BCUT2D eigenvalue weighted by Gasteiger charge is 2.10. The van der Waals surface area contributed by atoms with E-state index in [9.17, 15) is 4.79 Å². The monoisotopic (exact) mass is 270 g/mol. The summed E-state index contributed by atoms with van der Waals surface area (Å²) < 4.78 is 11.0. The topological polar surface area (TPSA) is 55.8 Å². The van der Waals surface area contributed by atoms with Gasteiger partial charge in [0.1, 0.15) is 0 Å². The molecule has 0 saturated heterocycles. The fourth-order valence-electron chi connectivity index (χ4n) is 1.38. The first kappa shape index (κ1) is 14.7. The molecule has 5 heteroatoms. The third kappa shape index (κ3) is 4.49. The molecule has 0 fully saturated rings. The van der Waals surface area contributed by atoms with Gasteiger partial charge in [-0.05, 0) is 30.9 Å². The molecule has 0 radical (unpaired) electrons. The zero-order chi connectivity index (χ0) is 13.4. The van der Waals surface area contributed by atoms with E-state index in [2.05, 4.69) is 6.92 Å². The van der Waals surface area contributed by atoms with E-state index in [-0.39, 0.29) is 5.56 Å². The van der Waals surface area contributed by atoms with Gasteiger partial charge in [-0.15, -0.1) is 0 Å². The van der Waals surface area contributed by atoms with Crippen molar-refractivity contribution < 1.29 is 19.4 Å². The molecule has 1 aromatic rings. The van der Waals surface area contributed by atoms with E-state index in [1.807, 2.05) is 6.92 Å². The summed E-state index contributed by atoms with van der Waals surface area (Å²) in [5, 5.41) is 8.91. The molecule has 18 heavy (non-hydrogen) atoms. The van der Waals surface area contributed by atoms with E-state index < -0.39 is 5.97 Å². The van der Waals surface area contributed by atoms with Crippen molar-refractivity contribution in [2.45, 2.75) is 13.8 Å². The van der Waals surface area contributed by atoms with Gasteiger partial charge >= 0.3 is 5.97 Å². The number of carbonyl (C=O) groups is 1. The second-order valence-corrected chi connectivity index (χ2v) is 4.84. The number of hydrogen-bond acceptors (Lipinski definition) is 4. The fourth-order valence-corrected chi connectivity index (χ4v) is 1.87. The lowest BCUT2D eigenvalue weighted by Gasteiger charge is -2.12. The highest BCUT2D eigenvalue weighted by molar-refractivity contribution is 7.99. The number of ether oxygens (including phenoxy) is 2. The third-order valence-corrected chi connectivity index (χ3v) is 3.04. The summed E-state index contributed by atoms with van der Waals surface area (Å²) in [6.45, 7) is 5.01. The molecule has 0 bridgehead atoms.